The van der Waals surface area contributed by atoms with E-state index in [-0.39, 0.29) is 11.8 Å². The molecule has 0 aromatic heterocycles. The van der Waals surface area contributed by atoms with Gasteiger partial charge in [0.25, 0.3) is 5.91 Å². The molecule has 0 saturated heterocycles. The van der Waals surface area contributed by atoms with Crippen LogP contribution in [0.15, 0.2) is 72.8 Å². The topological polar surface area (TPSA) is 67.9 Å². The van der Waals surface area contributed by atoms with Crippen LogP contribution in [0.2, 0.25) is 0 Å². The Balaban J connectivity index is 1.46. The molecule has 6 heteroatoms. The number of hydrogen-bond acceptors (Lipinski definition) is 4. The van der Waals surface area contributed by atoms with Crippen LogP contribution >= 0.6 is 0 Å². The van der Waals surface area contributed by atoms with E-state index in [9.17, 15) is 9.59 Å². The van der Waals surface area contributed by atoms with Gasteiger partial charge >= 0.3 is 0 Å². The van der Waals surface area contributed by atoms with Gasteiger partial charge in [-0.15, -0.1) is 0 Å². The molecule has 33 heavy (non-hydrogen) atoms. The summed E-state index contributed by atoms with van der Waals surface area (Å²) in [6.45, 7) is 0.681. The van der Waals surface area contributed by atoms with Gasteiger partial charge in [0.05, 0.1) is 14.2 Å². The lowest BCUT2D eigenvalue weighted by atomic mass is 10.00. The molecule has 1 aliphatic rings. The van der Waals surface area contributed by atoms with Crippen LogP contribution in [0.1, 0.15) is 27.9 Å². The Hall–Kier alpha value is -4.06. The first-order chi connectivity index (χ1) is 16.1. The molecule has 0 spiro atoms. The van der Waals surface area contributed by atoms with Crippen LogP contribution < -0.4 is 19.7 Å². The number of carbonyl (C=O) groups excluding carboxylic acids is 2. The van der Waals surface area contributed by atoms with Gasteiger partial charge in [-0.3, -0.25) is 9.59 Å². The average Bonchev–Trinajstić information content (AvgIpc) is 2.86. The Kier molecular flexibility index (Phi) is 6.74. The lowest BCUT2D eigenvalue weighted by Crippen LogP contribution is -2.35. The number of anilines is 2. The summed E-state index contributed by atoms with van der Waals surface area (Å²) in [7, 11) is 3.15. The molecule has 0 saturated carbocycles. The van der Waals surface area contributed by atoms with E-state index in [0.717, 1.165) is 29.7 Å². The summed E-state index contributed by atoms with van der Waals surface area (Å²) in [5, 5.41) is 2.90. The standard InChI is InChI=1S/C27H26N2O4/c1-32-24-14-10-19(17-25(24)33-2)11-15-26(30)28-22-12-13-23-21(18-22)9-6-16-29(23)27(31)20-7-4-3-5-8-20/h3-5,7-8,10-15,17-18H,6,9,16H2,1-2H3,(H,28,30)/b15-11+. The third kappa shape index (κ3) is 5.06. The summed E-state index contributed by atoms with van der Waals surface area (Å²) in [5.41, 5.74) is 4.14. The number of rotatable bonds is 6. The molecule has 3 aromatic rings. The minimum atomic E-state index is -0.238. The van der Waals surface area contributed by atoms with E-state index in [1.165, 1.54) is 6.08 Å². The van der Waals surface area contributed by atoms with E-state index in [4.69, 9.17) is 9.47 Å². The van der Waals surface area contributed by atoms with Gasteiger partial charge in [-0.05, 0) is 72.5 Å². The first kappa shape index (κ1) is 22.1. The first-order valence-corrected chi connectivity index (χ1v) is 10.8. The van der Waals surface area contributed by atoms with Gasteiger partial charge in [-0.25, -0.2) is 0 Å². The summed E-state index contributed by atoms with van der Waals surface area (Å²) >= 11 is 0. The van der Waals surface area contributed by atoms with Crippen molar-refractivity contribution >= 4 is 29.3 Å². The van der Waals surface area contributed by atoms with Crippen molar-refractivity contribution in [2.75, 3.05) is 31.0 Å². The molecular weight excluding hydrogens is 416 g/mol. The predicted octanol–water partition coefficient (Wildman–Crippen LogP) is 4.95. The molecular formula is C27H26N2O4. The number of carbonyl (C=O) groups is 2. The number of hydrogen-bond donors (Lipinski definition) is 1. The number of methoxy groups -OCH3 is 2. The summed E-state index contributed by atoms with van der Waals surface area (Å²) in [4.78, 5) is 27.2. The van der Waals surface area contributed by atoms with Crippen molar-refractivity contribution < 1.29 is 19.1 Å². The Bertz CT molecular complexity index is 1190. The highest BCUT2D eigenvalue weighted by Gasteiger charge is 2.23. The lowest BCUT2D eigenvalue weighted by molar-refractivity contribution is -0.111. The number of nitrogens with zero attached hydrogens (tertiary/aromatic N) is 1. The maximum Gasteiger partial charge on any atom is 0.258 e. The Morgan fingerprint density at radius 1 is 0.939 bits per heavy atom. The number of ether oxygens (including phenoxy) is 2. The molecule has 0 radical (unpaired) electrons. The zero-order valence-corrected chi connectivity index (χ0v) is 18.7. The summed E-state index contributed by atoms with van der Waals surface area (Å²) < 4.78 is 10.5. The van der Waals surface area contributed by atoms with E-state index in [2.05, 4.69) is 5.32 Å². The monoisotopic (exact) mass is 442 g/mol. The number of nitrogens with one attached hydrogen (secondary N) is 1. The van der Waals surface area contributed by atoms with E-state index in [1.54, 1.807) is 32.4 Å². The molecule has 0 aliphatic carbocycles. The van der Waals surface area contributed by atoms with Crippen molar-refractivity contribution in [1.82, 2.24) is 0 Å². The van der Waals surface area contributed by atoms with Crippen LogP contribution in [0.25, 0.3) is 6.08 Å². The Labute approximate surface area is 193 Å². The molecule has 1 aliphatic heterocycles. The minimum Gasteiger partial charge on any atom is -0.493 e. The number of aryl methyl sites for hydroxylation is 1. The highest BCUT2D eigenvalue weighted by Crippen LogP contribution is 2.31. The maximum atomic E-state index is 13.0. The van der Waals surface area contributed by atoms with E-state index < -0.39 is 0 Å². The third-order valence-electron chi connectivity index (χ3n) is 5.57. The first-order valence-electron chi connectivity index (χ1n) is 10.8. The van der Waals surface area contributed by atoms with Crippen LogP contribution in [0.4, 0.5) is 11.4 Å². The normalized spacial score (nSPS) is 12.8. The summed E-state index contributed by atoms with van der Waals surface area (Å²) in [6, 6.07) is 20.4. The highest BCUT2D eigenvalue weighted by atomic mass is 16.5. The van der Waals surface area contributed by atoms with Gasteiger partial charge in [0.15, 0.2) is 11.5 Å². The van der Waals surface area contributed by atoms with Crippen molar-refractivity contribution in [2.45, 2.75) is 12.8 Å². The second kappa shape index (κ2) is 10.0. The zero-order chi connectivity index (χ0) is 23.2. The molecule has 0 bridgehead atoms. The number of fused-ring (bicyclic) bond motifs is 1. The van der Waals surface area contributed by atoms with Crippen LogP contribution in [0.3, 0.4) is 0 Å². The number of benzene rings is 3. The molecule has 2 amide bonds. The highest BCUT2D eigenvalue weighted by molar-refractivity contribution is 6.07. The van der Waals surface area contributed by atoms with E-state index in [0.29, 0.717) is 29.3 Å². The van der Waals surface area contributed by atoms with Gasteiger partial charge in [-0.2, -0.15) is 0 Å². The quantitative estimate of drug-likeness (QED) is 0.549. The molecule has 0 fully saturated rings. The fourth-order valence-electron chi connectivity index (χ4n) is 3.93. The fraction of sp³-hybridized carbons (Fsp3) is 0.185. The van der Waals surface area contributed by atoms with Crippen LogP contribution in [-0.4, -0.2) is 32.6 Å². The largest absolute Gasteiger partial charge is 0.493 e. The van der Waals surface area contributed by atoms with E-state index >= 15 is 0 Å². The van der Waals surface area contributed by atoms with Gasteiger partial charge < -0.3 is 19.7 Å². The second-order valence-corrected chi connectivity index (χ2v) is 7.71. The average molecular weight is 443 g/mol. The predicted molar refractivity (Wildman–Crippen MR) is 130 cm³/mol. The van der Waals surface area contributed by atoms with Crippen molar-refractivity contribution in [3.63, 3.8) is 0 Å². The minimum absolute atomic E-state index is 0.00816. The van der Waals surface area contributed by atoms with Crippen molar-refractivity contribution in [1.29, 1.82) is 0 Å². The SMILES string of the molecule is COc1ccc(/C=C/C(=O)Nc2ccc3c(c2)CCCN3C(=O)c2ccccc2)cc1OC. The van der Waals surface area contributed by atoms with Crippen molar-refractivity contribution in [3.8, 4) is 11.5 Å². The van der Waals surface area contributed by atoms with Gasteiger partial charge in [0, 0.05) is 29.6 Å². The van der Waals surface area contributed by atoms with Crippen LogP contribution in [0, 0.1) is 0 Å². The van der Waals surface area contributed by atoms with Gasteiger partial charge in [-0.1, -0.05) is 24.3 Å². The van der Waals surface area contributed by atoms with Crippen molar-refractivity contribution in [3.05, 3.63) is 89.5 Å². The molecule has 0 atom stereocenters. The number of amides is 2. The van der Waals surface area contributed by atoms with Gasteiger partial charge in [0.1, 0.15) is 0 Å². The van der Waals surface area contributed by atoms with Crippen molar-refractivity contribution in [2.24, 2.45) is 0 Å². The Morgan fingerprint density at radius 3 is 2.48 bits per heavy atom. The summed E-state index contributed by atoms with van der Waals surface area (Å²) in [5.74, 6) is 0.987. The molecule has 1 N–H and O–H groups in total. The molecule has 1 heterocycles. The molecule has 168 valence electrons. The van der Waals surface area contributed by atoms with Crippen LogP contribution in [0.5, 0.6) is 11.5 Å². The smallest absolute Gasteiger partial charge is 0.258 e. The fourth-order valence-corrected chi connectivity index (χ4v) is 3.93. The molecule has 3 aromatic carbocycles. The van der Waals surface area contributed by atoms with E-state index in [1.807, 2.05) is 59.5 Å². The molecule has 6 nitrogen and oxygen atoms in total. The Morgan fingerprint density at radius 2 is 1.73 bits per heavy atom. The van der Waals surface area contributed by atoms with Gasteiger partial charge in [0.2, 0.25) is 5.91 Å². The second-order valence-electron chi connectivity index (χ2n) is 7.71. The van der Waals surface area contributed by atoms with Crippen LogP contribution in [-0.2, 0) is 11.2 Å². The third-order valence-corrected chi connectivity index (χ3v) is 5.57. The summed E-state index contributed by atoms with van der Waals surface area (Å²) in [6.07, 6.45) is 4.93. The molecule has 4 rings (SSSR count). The molecule has 0 unspecified atom stereocenters. The zero-order valence-electron chi connectivity index (χ0n) is 18.7. The lowest BCUT2D eigenvalue weighted by Gasteiger charge is -2.30. The maximum absolute atomic E-state index is 13.0.